The van der Waals surface area contributed by atoms with Crippen LogP contribution in [0, 0.1) is 0 Å². The van der Waals surface area contributed by atoms with Crippen molar-refractivity contribution in [3.8, 4) is 22.1 Å². The van der Waals surface area contributed by atoms with Crippen LogP contribution in [0.5, 0.6) is 11.5 Å². The van der Waals surface area contributed by atoms with Gasteiger partial charge >= 0.3 is 0 Å². The Morgan fingerprint density at radius 3 is 2.60 bits per heavy atom. The predicted molar refractivity (Wildman–Crippen MR) is 118 cm³/mol. The largest absolute Gasteiger partial charge is 0.493 e. The van der Waals surface area contributed by atoms with E-state index in [2.05, 4.69) is 10.3 Å². The number of hydrogen-bond acceptors (Lipinski definition) is 6. The van der Waals surface area contributed by atoms with E-state index in [4.69, 9.17) is 14.2 Å². The van der Waals surface area contributed by atoms with Crippen molar-refractivity contribution in [2.45, 2.75) is 19.4 Å². The zero-order chi connectivity index (χ0) is 21.3. The summed E-state index contributed by atoms with van der Waals surface area (Å²) in [5.74, 6) is 1.09. The molecule has 3 rings (SSSR count). The fourth-order valence-corrected chi connectivity index (χ4v) is 3.72. The highest BCUT2D eigenvalue weighted by Crippen LogP contribution is 2.33. The number of amides is 1. The van der Waals surface area contributed by atoms with Crippen molar-refractivity contribution >= 4 is 17.2 Å². The average molecular weight is 427 g/mol. The molecular formula is C23H26N2O4S. The van der Waals surface area contributed by atoms with Crippen LogP contribution in [0.3, 0.4) is 0 Å². The molecule has 6 nitrogen and oxygen atoms in total. The monoisotopic (exact) mass is 426 g/mol. The van der Waals surface area contributed by atoms with Crippen LogP contribution in [-0.2, 0) is 4.74 Å². The number of methoxy groups -OCH3 is 2. The number of nitrogens with one attached hydrogen (secondary N) is 1. The van der Waals surface area contributed by atoms with Gasteiger partial charge < -0.3 is 19.5 Å². The fourth-order valence-electron chi connectivity index (χ4n) is 2.92. The number of thiazole rings is 1. The van der Waals surface area contributed by atoms with Gasteiger partial charge in [0.25, 0.3) is 5.91 Å². The summed E-state index contributed by atoms with van der Waals surface area (Å²) in [6.45, 7) is 3.13. The minimum Gasteiger partial charge on any atom is -0.493 e. The van der Waals surface area contributed by atoms with Crippen LogP contribution in [0.15, 0.2) is 53.9 Å². The van der Waals surface area contributed by atoms with Crippen molar-refractivity contribution in [3.05, 3.63) is 65.2 Å². The second-order valence-corrected chi connectivity index (χ2v) is 7.50. The van der Waals surface area contributed by atoms with E-state index in [0.717, 1.165) is 22.6 Å². The lowest BCUT2D eigenvalue weighted by Gasteiger charge is -2.13. The van der Waals surface area contributed by atoms with Gasteiger partial charge in [0.2, 0.25) is 0 Å². The van der Waals surface area contributed by atoms with E-state index in [-0.39, 0.29) is 12.0 Å². The molecule has 158 valence electrons. The number of carbonyl (C=O) groups excluding carboxylic acids is 1. The standard InChI is InChI=1S/C23H26N2O4S/c1-16(17-8-5-4-6-9-17)29-13-7-12-24-22(26)19-15-30-23(25-19)18-10-11-20(27-2)21(14-18)28-3/h4-6,8-11,14-16H,7,12-13H2,1-3H3,(H,24,26). The van der Waals surface area contributed by atoms with E-state index in [9.17, 15) is 4.79 Å². The predicted octanol–water partition coefficient (Wildman–Crippen LogP) is 4.73. The highest BCUT2D eigenvalue weighted by atomic mass is 32.1. The van der Waals surface area contributed by atoms with Gasteiger partial charge in [-0.1, -0.05) is 30.3 Å². The Kier molecular flexibility index (Phi) is 7.82. The molecule has 0 radical (unpaired) electrons. The summed E-state index contributed by atoms with van der Waals surface area (Å²) in [6, 6.07) is 15.7. The van der Waals surface area contributed by atoms with Crippen molar-refractivity contribution in [2.75, 3.05) is 27.4 Å². The van der Waals surface area contributed by atoms with Crippen LogP contribution in [0.1, 0.15) is 35.5 Å². The first-order valence-corrected chi connectivity index (χ1v) is 10.6. The van der Waals surface area contributed by atoms with Crippen LogP contribution in [0.25, 0.3) is 10.6 Å². The molecule has 7 heteroatoms. The highest BCUT2D eigenvalue weighted by molar-refractivity contribution is 7.13. The Morgan fingerprint density at radius 1 is 1.10 bits per heavy atom. The van der Waals surface area contributed by atoms with Crippen LogP contribution >= 0.6 is 11.3 Å². The Morgan fingerprint density at radius 2 is 1.87 bits per heavy atom. The SMILES string of the molecule is COc1ccc(-c2nc(C(=O)NCCCOC(C)c3ccccc3)cs2)cc1OC. The van der Waals surface area contributed by atoms with Crippen molar-refractivity contribution < 1.29 is 19.0 Å². The number of benzene rings is 2. The van der Waals surface area contributed by atoms with Crippen LogP contribution in [-0.4, -0.2) is 38.3 Å². The zero-order valence-electron chi connectivity index (χ0n) is 17.4. The van der Waals surface area contributed by atoms with Crippen molar-refractivity contribution in [1.82, 2.24) is 10.3 Å². The van der Waals surface area contributed by atoms with E-state index in [1.165, 1.54) is 11.3 Å². The van der Waals surface area contributed by atoms with E-state index < -0.39 is 0 Å². The van der Waals surface area contributed by atoms with Gasteiger partial charge in [0.1, 0.15) is 10.7 Å². The maximum Gasteiger partial charge on any atom is 0.270 e. The van der Waals surface area contributed by atoms with Gasteiger partial charge in [0.05, 0.1) is 20.3 Å². The molecule has 0 bridgehead atoms. The smallest absolute Gasteiger partial charge is 0.270 e. The Balaban J connectivity index is 1.47. The number of ether oxygens (including phenoxy) is 3. The quantitative estimate of drug-likeness (QED) is 0.475. The van der Waals surface area contributed by atoms with Gasteiger partial charge in [-0.3, -0.25) is 4.79 Å². The second-order valence-electron chi connectivity index (χ2n) is 6.64. The third-order valence-corrected chi connectivity index (χ3v) is 5.50. The third kappa shape index (κ3) is 5.58. The van der Waals surface area contributed by atoms with Crippen LogP contribution in [0.4, 0.5) is 0 Å². The molecule has 0 fully saturated rings. The molecule has 1 unspecified atom stereocenters. The molecule has 2 aromatic carbocycles. The maximum atomic E-state index is 12.4. The number of carbonyl (C=O) groups is 1. The van der Waals surface area contributed by atoms with Gasteiger partial charge in [0, 0.05) is 24.1 Å². The molecule has 0 aliphatic rings. The minimum atomic E-state index is -0.186. The van der Waals surface area contributed by atoms with Crippen LogP contribution in [0.2, 0.25) is 0 Å². The maximum absolute atomic E-state index is 12.4. The average Bonchev–Trinajstić information content (AvgIpc) is 3.29. The van der Waals surface area contributed by atoms with Gasteiger partial charge in [-0.15, -0.1) is 11.3 Å². The lowest BCUT2D eigenvalue weighted by atomic mass is 10.1. The van der Waals surface area contributed by atoms with Gasteiger partial charge in [-0.2, -0.15) is 0 Å². The summed E-state index contributed by atoms with van der Waals surface area (Å²) >= 11 is 1.42. The molecule has 30 heavy (non-hydrogen) atoms. The topological polar surface area (TPSA) is 69.7 Å². The minimum absolute atomic E-state index is 0.0319. The molecule has 3 aromatic rings. The number of aromatic nitrogens is 1. The van der Waals surface area contributed by atoms with Crippen molar-refractivity contribution in [1.29, 1.82) is 0 Å². The lowest BCUT2D eigenvalue weighted by molar-refractivity contribution is 0.0634. The number of rotatable bonds is 10. The summed E-state index contributed by atoms with van der Waals surface area (Å²) in [5.41, 5.74) is 2.43. The van der Waals surface area contributed by atoms with E-state index in [0.29, 0.717) is 30.3 Å². The molecule has 1 N–H and O–H groups in total. The zero-order valence-corrected chi connectivity index (χ0v) is 18.2. The first-order valence-electron chi connectivity index (χ1n) is 9.75. The summed E-state index contributed by atoms with van der Waals surface area (Å²) in [6.07, 6.45) is 0.764. The Bertz CT molecular complexity index is 959. The molecule has 0 spiro atoms. The number of nitrogens with zero attached hydrogens (tertiary/aromatic N) is 1. The highest BCUT2D eigenvalue weighted by Gasteiger charge is 2.13. The second kappa shape index (κ2) is 10.8. The Labute approximate surface area is 180 Å². The molecule has 1 heterocycles. The van der Waals surface area contributed by atoms with Gasteiger partial charge in [-0.05, 0) is 37.1 Å². The number of hydrogen-bond donors (Lipinski definition) is 1. The van der Waals surface area contributed by atoms with Crippen molar-refractivity contribution in [3.63, 3.8) is 0 Å². The molecule has 0 saturated carbocycles. The molecule has 0 aliphatic carbocycles. The van der Waals surface area contributed by atoms with E-state index in [1.54, 1.807) is 19.6 Å². The van der Waals surface area contributed by atoms with Crippen LogP contribution < -0.4 is 14.8 Å². The fraction of sp³-hybridized carbons (Fsp3) is 0.304. The first kappa shape index (κ1) is 21.8. The molecular weight excluding hydrogens is 400 g/mol. The molecule has 0 saturated heterocycles. The summed E-state index contributed by atoms with van der Waals surface area (Å²) in [4.78, 5) is 16.8. The van der Waals surface area contributed by atoms with Gasteiger partial charge in [-0.25, -0.2) is 4.98 Å². The molecule has 1 amide bonds. The summed E-state index contributed by atoms with van der Waals surface area (Å²) < 4.78 is 16.4. The first-order chi connectivity index (χ1) is 14.6. The normalized spacial score (nSPS) is 11.7. The summed E-state index contributed by atoms with van der Waals surface area (Å²) in [7, 11) is 3.18. The third-order valence-electron chi connectivity index (χ3n) is 4.61. The summed E-state index contributed by atoms with van der Waals surface area (Å²) in [5, 5.41) is 5.41. The Hall–Kier alpha value is -2.90. The van der Waals surface area contributed by atoms with Crippen molar-refractivity contribution in [2.24, 2.45) is 0 Å². The lowest BCUT2D eigenvalue weighted by Crippen LogP contribution is -2.25. The van der Waals surface area contributed by atoms with E-state index in [1.807, 2.05) is 55.5 Å². The molecule has 0 aliphatic heterocycles. The van der Waals surface area contributed by atoms with E-state index >= 15 is 0 Å². The molecule has 1 atom stereocenters. The molecule has 1 aromatic heterocycles. The van der Waals surface area contributed by atoms with Gasteiger partial charge in [0.15, 0.2) is 11.5 Å².